The number of benzene rings is 1. The van der Waals surface area contributed by atoms with Crippen molar-refractivity contribution in [2.24, 2.45) is 0 Å². The summed E-state index contributed by atoms with van der Waals surface area (Å²) in [6, 6.07) is 13.9. The van der Waals surface area contributed by atoms with Gasteiger partial charge >= 0.3 is 0 Å². The largest absolute Gasteiger partial charge is 0.352 e. The summed E-state index contributed by atoms with van der Waals surface area (Å²) in [6.07, 6.45) is 9.27. The second kappa shape index (κ2) is 7.52. The van der Waals surface area contributed by atoms with E-state index in [0.717, 1.165) is 35.1 Å². The van der Waals surface area contributed by atoms with Crippen LogP contribution in [0.1, 0.15) is 42.6 Å². The molecule has 0 atom stereocenters. The number of carbonyl (C=O) groups excluding carboxylic acids is 1. The van der Waals surface area contributed by atoms with E-state index in [1.165, 1.54) is 19.3 Å². The molecule has 2 aromatic heterocycles. The van der Waals surface area contributed by atoms with Crippen molar-refractivity contribution >= 4 is 28.2 Å². The molecule has 2 N–H and O–H groups in total. The monoisotopic (exact) mass is 346 g/mol. The van der Waals surface area contributed by atoms with Gasteiger partial charge in [-0.3, -0.25) is 9.78 Å². The summed E-state index contributed by atoms with van der Waals surface area (Å²) in [5, 5.41) is 7.51. The number of para-hydroxylation sites is 1. The number of aromatic nitrogens is 2. The highest BCUT2D eigenvalue weighted by molar-refractivity contribution is 5.93. The maximum Gasteiger partial charge on any atom is 0.270 e. The lowest BCUT2D eigenvalue weighted by atomic mass is 9.95. The Morgan fingerprint density at radius 1 is 0.962 bits per heavy atom. The Kier molecular flexibility index (Phi) is 4.78. The number of hydrogen-bond donors (Lipinski definition) is 2. The van der Waals surface area contributed by atoms with E-state index in [1.54, 1.807) is 18.5 Å². The third kappa shape index (κ3) is 3.67. The van der Waals surface area contributed by atoms with Gasteiger partial charge in [-0.1, -0.05) is 37.5 Å². The molecule has 0 unspecified atom stereocenters. The smallest absolute Gasteiger partial charge is 0.270 e. The minimum Gasteiger partial charge on any atom is -0.352 e. The Hall–Kier alpha value is -2.95. The number of nitrogens with one attached hydrogen (secondary N) is 2. The summed E-state index contributed by atoms with van der Waals surface area (Å²) in [7, 11) is 0. The molecule has 26 heavy (non-hydrogen) atoms. The van der Waals surface area contributed by atoms with E-state index in [9.17, 15) is 4.79 Å². The fraction of sp³-hybridized carbons (Fsp3) is 0.286. The van der Waals surface area contributed by atoms with Crippen molar-refractivity contribution in [1.82, 2.24) is 15.3 Å². The molecule has 0 aliphatic heterocycles. The van der Waals surface area contributed by atoms with Crippen molar-refractivity contribution < 1.29 is 4.79 Å². The molecular formula is C21H22N4O. The van der Waals surface area contributed by atoms with Crippen LogP contribution in [0, 0.1) is 0 Å². The highest BCUT2D eigenvalue weighted by atomic mass is 16.1. The van der Waals surface area contributed by atoms with Crippen LogP contribution >= 0.6 is 0 Å². The van der Waals surface area contributed by atoms with Crippen LogP contribution in [0.25, 0.3) is 10.9 Å². The van der Waals surface area contributed by atoms with Crippen LogP contribution in [-0.2, 0) is 0 Å². The number of hydrogen-bond acceptors (Lipinski definition) is 4. The minimum absolute atomic E-state index is 0.0877. The van der Waals surface area contributed by atoms with Crippen LogP contribution in [0.3, 0.4) is 0 Å². The molecule has 132 valence electrons. The molecule has 0 spiro atoms. The fourth-order valence-corrected chi connectivity index (χ4v) is 3.47. The number of fused-ring (bicyclic) bond motifs is 1. The lowest BCUT2D eigenvalue weighted by Gasteiger charge is -2.22. The van der Waals surface area contributed by atoms with Crippen molar-refractivity contribution in [2.75, 3.05) is 5.32 Å². The summed E-state index contributed by atoms with van der Waals surface area (Å²) >= 11 is 0. The molecule has 1 aromatic carbocycles. The molecular weight excluding hydrogens is 324 g/mol. The Balaban J connectivity index is 1.46. The third-order valence-electron chi connectivity index (χ3n) is 4.85. The molecule has 0 radical (unpaired) electrons. The molecule has 1 amide bonds. The van der Waals surface area contributed by atoms with Crippen LogP contribution in [0.5, 0.6) is 0 Å². The molecule has 4 rings (SSSR count). The van der Waals surface area contributed by atoms with E-state index in [1.807, 2.05) is 36.4 Å². The Morgan fingerprint density at radius 2 is 1.81 bits per heavy atom. The predicted molar refractivity (Wildman–Crippen MR) is 104 cm³/mol. The van der Waals surface area contributed by atoms with Gasteiger partial charge in [0.25, 0.3) is 5.91 Å². The van der Waals surface area contributed by atoms with Gasteiger partial charge in [0.2, 0.25) is 0 Å². The van der Waals surface area contributed by atoms with Crippen molar-refractivity contribution in [1.29, 1.82) is 0 Å². The topological polar surface area (TPSA) is 66.9 Å². The summed E-state index contributed by atoms with van der Waals surface area (Å²) < 4.78 is 0. The maximum atomic E-state index is 12.4. The molecule has 3 aromatic rings. The van der Waals surface area contributed by atoms with Gasteiger partial charge in [0.15, 0.2) is 0 Å². The minimum atomic E-state index is -0.0877. The normalized spacial score (nSPS) is 14.9. The van der Waals surface area contributed by atoms with Gasteiger partial charge in [0, 0.05) is 17.6 Å². The lowest BCUT2D eigenvalue weighted by Crippen LogP contribution is -2.36. The first-order valence-electron chi connectivity index (χ1n) is 9.17. The van der Waals surface area contributed by atoms with Gasteiger partial charge in [0.1, 0.15) is 5.69 Å². The molecule has 1 aliphatic rings. The Morgan fingerprint density at radius 3 is 2.62 bits per heavy atom. The lowest BCUT2D eigenvalue weighted by molar-refractivity contribution is 0.0922. The van der Waals surface area contributed by atoms with E-state index in [2.05, 4.69) is 20.6 Å². The van der Waals surface area contributed by atoms with Crippen LogP contribution in [0.4, 0.5) is 11.4 Å². The fourth-order valence-electron chi connectivity index (χ4n) is 3.47. The summed E-state index contributed by atoms with van der Waals surface area (Å²) in [6.45, 7) is 0. The second-order valence-corrected chi connectivity index (χ2v) is 6.75. The SMILES string of the molecule is O=C(NC1CCCCC1)c1ccc(Nc2cccc3cccnc23)cn1. The van der Waals surface area contributed by atoms with E-state index >= 15 is 0 Å². The standard InChI is InChI=1S/C21H22N4O/c26-21(25-16-8-2-1-3-9-16)19-12-11-17(14-23-19)24-18-10-4-6-15-7-5-13-22-20(15)18/h4-7,10-14,16,24H,1-3,8-9H2,(H,25,26). The molecule has 5 heteroatoms. The van der Waals surface area contributed by atoms with Crippen LogP contribution in [-0.4, -0.2) is 21.9 Å². The maximum absolute atomic E-state index is 12.4. The number of anilines is 2. The first-order chi connectivity index (χ1) is 12.8. The van der Waals surface area contributed by atoms with Gasteiger partial charge in [-0.25, -0.2) is 4.98 Å². The zero-order valence-electron chi connectivity index (χ0n) is 14.6. The molecule has 0 saturated heterocycles. The van der Waals surface area contributed by atoms with E-state index < -0.39 is 0 Å². The zero-order valence-corrected chi connectivity index (χ0v) is 14.6. The van der Waals surface area contributed by atoms with Gasteiger partial charge < -0.3 is 10.6 Å². The van der Waals surface area contributed by atoms with E-state index in [-0.39, 0.29) is 11.9 Å². The van der Waals surface area contributed by atoms with Gasteiger partial charge in [0.05, 0.1) is 23.1 Å². The van der Waals surface area contributed by atoms with Crippen LogP contribution in [0.15, 0.2) is 54.9 Å². The number of amides is 1. The number of rotatable bonds is 4. The first kappa shape index (κ1) is 16.5. The quantitative estimate of drug-likeness (QED) is 0.733. The summed E-state index contributed by atoms with van der Waals surface area (Å²) in [5.74, 6) is -0.0877. The van der Waals surface area contributed by atoms with Crippen molar-refractivity contribution in [3.05, 3.63) is 60.6 Å². The number of pyridine rings is 2. The van der Waals surface area contributed by atoms with Crippen molar-refractivity contribution in [3.8, 4) is 0 Å². The molecule has 1 saturated carbocycles. The molecule has 1 aliphatic carbocycles. The highest BCUT2D eigenvalue weighted by Gasteiger charge is 2.17. The molecule has 1 fully saturated rings. The summed E-state index contributed by atoms with van der Waals surface area (Å²) in [4.78, 5) is 21.1. The van der Waals surface area contributed by atoms with Crippen LogP contribution < -0.4 is 10.6 Å². The number of carbonyl (C=O) groups is 1. The molecule has 5 nitrogen and oxygen atoms in total. The van der Waals surface area contributed by atoms with Crippen LogP contribution in [0.2, 0.25) is 0 Å². The van der Waals surface area contributed by atoms with Crippen molar-refractivity contribution in [2.45, 2.75) is 38.1 Å². The molecule has 0 bridgehead atoms. The van der Waals surface area contributed by atoms with Gasteiger partial charge in [-0.05, 0) is 37.1 Å². The molecule has 2 heterocycles. The highest BCUT2D eigenvalue weighted by Crippen LogP contribution is 2.24. The first-order valence-corrected chi connectivity index (χ1v) is 9.17. The third-order valence-corrected chi connectivity index (χ3v) is 4.85. The Bertz CT molecular complexity index is 896. The number of nitrogens with zero attached hydrogens (tertiary/aromatic N) is 2. The average Bonchev–Trinajstić information content (AvgIpc) is 2.70. The summed E-state index contributed by atoms with van der Waals surface area (Å²) in [5.41, 5.74) is 3.12. The van der Waals surface area contributed by atoms with Gasteiger partial charge in [-0.2, -0.15) is 0 Å². The predicted octanol–water partition coefficient (Wildman–Crippen LogP) is 4.44. The van der Waals surface area contributed by atoms with Gasteiger partial charge in [-0.15, -0.1) is 0 Å². The van der Waals surface area contributed by atoms with E-state index in [0.29, 0.717) is 5.69 Å². The van der Waals surface area contributed by atoms with E-state index in [4.69, 9.17) is 0 Å². The Labute approximate surface area is 152 Å². The average molecular weight is 346 g/mol. The zero-order chi connectivity index (χ0) is 17.8. The second-order valence-electron chi connectivity index (χ2n) is 6.75. The van der Waals surface area contributed by atoms with Crippen molar-refractivity contribution in [3.63, 3.8) is 0 Å².